The van der Waals surface area contributed by atoms with E-state index in [9.17, 15) is 0 Å². The number of methoxy groups -OCH3 is 1. The van der Waals surface area contributed by atoms with Crippen molar-refractivity contribution in [1.82, 2.24) is 10.1 Å². The van der Waals surface area contributed by atoms with Gasteiger partial charge in [-0.15, -0.1) is 0 Å². The van der Waals surface area contributed by atoms with Gasteiger partial charge in [0.2, 0.25) is 0 Å². The summed E-state index contributed by atoms with van der Waals surface area (Å²) >= 11 is 0. The molecule has 0 radical (unpaired) electrons. The molecule has 0 unspecified atom stereocenters. The van der Waals surface area contributed by atoms with E-state index < -0.39 is 0 Å². The van der Waals surface area contributed by atoms with E-state index in [0.29, 0.717) is 35.9 Å². The van der Waals surface area contributed by atoms with Gasteiger partial charge in [0.25, 0.3) is 5.71 Å². The van der Waals surface area contributed by atoms with Crippen LogP contribution in [0.15, 0.2) is 10.6 Å². The Bertz CT molecular complexity index is 563. The van der Waals surface area contributed by atoms with Crippen molar-refractivity contribution in [1.29, 1.82) is 0 Å². The third-order valence-corrected chi connectivity index (χ3v) is 2.98. The molecule has 1 aliphatic rings. The zero-order valence-corrected chi connectivity index (χ0v) is 10.0. The fraction of sp³-hybridized carbons (Fsp3) is 0.455. The number of nitrogen functional groups attached to an aromatic ring is 1. The summed E-state index contributed by atoms with van der Waals surface area (Å²) in [6.45, 7) is 2.98. The third kappa shape index (κ3) is 1.72. The van der Waals surface area contributed by atoms with Crippen LogP contribution in [0, 0.1) is 0 Å². The van der Waals surface area contributed by atoms with E-state index in [0.717, 1.165) is 18.9 Å². The highest BCUT2D eigenvalue weighted by Crippen LogP contribution is 2.32. The molecular weight excluding hydrogens is 236 g/mol. The molecule has 2 N–H and O–H groups in total. The first-order valence-electron chi connectivity index (χ1n) is 5.72. The van der Waals surface area contributed by atoms with Gasteiger partial charge in [-0.3, -0.25) is 0 Å². The number of ether oxygens (including phenoxy) is 2. The van der Waals surface area contributed by atoms with Gasteiger partial charge in [-0.1, -0.05) is 5.16 Å². The second-order valence-electron chi connectivity index (χ2n) is 4.03. The smallest absolute Gasteiger partial charge is 0.265 e. The number of pyridine rings is 1. The van der Waals surface area contributed by atoms with E-state index in [-0.39, 0.29) is 0 Å². The summed E-state index contributed by atoms with van der Waals surface area (Å²) in [6, 6.07) is 1.85. The maximum Gasteiger partial charge on any atom is 0.265 e. The summed E-state index contributed by atoms with van der Waals surface area (Å²) in [5.41, 5.74) is 6.12. The molecule has 1 fully saturated rings. The summed E-state index contributed by atoms with van der Waals surface area (Å²) in [5, 5.41) is 4.33. The van der Waals surface area contributed by atoms with Crippen molar-refractivity contribution >= 4 is 22.7 Å². The Labute approximate surface area is 103 Å². The van der Waals surface area contributed by atoms with Crippen LogP contribution in [0.1, 0.15) is 0 Å². The van der Waals surface area contributed by atoms with E-state index in [1.165, 1.54) is 0 Å². The second kappa shape index (κ2) is 4.34. The van der Waals surface area contributed by atoms with Crippen LogP contribution in [-0.4, -0.2) is 43.6 Å². The molecule has 96 valence electrons. The Balaban J connectivity index is 2.07. The number of hydrogen-bond acceptors (Lipinski definition) is 7. The monoisotopic (exact) mass is 250 g/mol. The maximum absolute atomic E-state index is 5.72. The lowest BCUT2D eigenvalue weighted by molar-refractivity contribution is 0.122. The first-order chi connectivity index (χ1) is 8.79. The predicted molar refractivity (Wildman–Crippen MR) is 65.8 cm³/mol. The van der Waals surface area contributed by atoms with Crippen LogP contribution in [0.2, 0.25) is 0 Å². The van der Waals surface area contributed by atoms with Crippen LogP contribution in [0.5, 0.6) is 5.75 Å². The molecule has 3 rings (SSSR count). The van der Waals surface area contributed by atoms with E-state index in [4.69, 9.17) is 19.7 Å². The average Bonchev–Trinajstić information content (AvgIpc) is 2.81. The minimum Gasteiger partial charge on any atom is -0.496 e. The standard InChI is InChI=1S/C11H14N4O3/c1-16-7-6-8(15-2-4-17-5-3-15)13-11-9(7)10(12)14-18-11/h6H,2-5H2,1H3,(H2,12,14). The molecule has 7 heteroatoms. The van der Waals surface area contributed by atoms with Crippen molar-refractivity contribution in [3.05, 3.63) is 6.07 Å². The molecule has 1 saturated heterocycles. The molecule has 3 heterocycles. The van der Waals surface area contributed by atoms with Gasteiger partial charge in [-0.25, -0.2) is 0 Å². The highest BCUT2D eigenvalue weighted by Gasteiger charge is 2.19. The van der Waals surface area contributed by atoms with Crippen molar-refractivity contribution in [3.8, 4) is 5.75 Å². The normalized spacial score (nSPS) is 16.2. The molecule has 1 aliphatic heterocycles. The number of nitrogens with zero attached hydrogens (tertiary/aromatic N) is 3. The zero-order valence-electron chi connectivity index (χ0n) is 10.0. The summed E-state index contributed by atoms with van der Waals surface area (Å²) in [4.78, 5) is 6.52. The molecule has 2 aromatic heterocycles. The fourth-order valence-corrected chi connectivity index (χ4v) is 2.04. The lowest BCUT2D eigenvalue weighted by atomic mass is 10.3. The molecule has 0 saturated carbocycles. The number of anilines is 2. The topological polar surface area (TPSA) is 86.6 Å². The van der Waals surface area contributed by atoms with Crippen LogP contribution in [0.3, 0.4) is 0 Å². The minimum atomic E-state index is 0.294. The molecule has 0 aliphatic carbocycles. The number of rotatable bonds is 2. The molecule has 0 amide bonds. The largest absolute Gasteiger partial charge is 0.496 e. The number of aromatic nitrogens is 2. The van der Waals surface area contributed by atoms with Crippen molar-refractivity contribution in [2.24, 2.45) is 0 Å². The number of morpholine rings is 1. The molecule has 0 bridgehead atoms. The van der Waals surface area contributed by atoms with Crippen LogP contribution < -0.4 is 15.4 Å². The summed E-state index contributed by atoms with van der Waals surface area (Å²) < 4.78 is 15.7. The van der Waals surface area contributed by atoms with E-state index in [1.54, 1.807) is 7.11 Å². The number of nitrogens with two attached hydrogens (primary N) is 1. The molecule has 18 heavy (non-hydrogen) atoms. The van der Waals surface area contributed by atoms with Gasteiger partial charge in [-0.05, 0) is 0 Å². The van der Waals surface area contributed by atoms with Crippen molar-refractivity contribution in [2.45, 2.75) is 0 Å². The van der Waals surface area contributed by atoms with Crippen molar-refractivity contribution in [2.75, 3.05) is 44.0 Å². The van der Waals surface area contributed by atoms with Crippen LogP contribution >= 0.6 is 0 Å². The van der Waals surface area contributed by atoms with Crippen LogP contribution in [0.25, 0.3) is 11.1 Å². The molecule has 0 aromatic carbocycles. The first-order valence-corrected chi connectivity index (χ1v) is 5.72. The van der Waals surface area contributed by atoms with E-state index in [2.05, 4.69) is 15.0 Å². The van der Waals surface area contributed by atoms with Gasteiger partial charge in [0.05, 0.1) is 20.3 Å². The van der Waals surface area contributed by atoms with Crippen molar-refractivity contribution in [3.63, 3.8) is 0 Å². The predicted octanol–water partition coefficient (Wildman–Crippen LogP) is 0.650. The molecule has 0 spiro atoms. The Kier molecular flexibility index (Phi) is 2.67. The number of hydrogen-bond donors (Lipinski definition) is 1. The van der Waals surface area contributed by atoms with Crippen LogP contribution in [-0.2, 0) is 4.74 Å². The lowest BCUT2D eigenvalue weighted by Crippen LogP contribution is -2.36. The van der Waals surface area contributed by atoms with Gasteiger partial charge in [0, 0.05) is 19.2 Å². The van der Waals surface area contributed by atoms with Gasteiger partial charge in [-0.2, -0.15) is 4.98 Å². The number of fused-ring (bicyclic) bond motifs is 1. The molecule has 0 atom stereocenters. The molecule has 7 nitrogen and oxygen atoms in total. The minimum absolute atomic E-state index is 0.294. The lowest BCUT2D eigenvalue weighted by Gasteiger charge is -2.27. The summed E-state index contributed by atoms with van der Waals surface area (Å²) in [5.74, 6) is 1.71. The average molecular weight is 250 g/mol. The second-order valence-corrected chi connectivity index (χ2v) is 4.03. The highest BCUT2D eigenvalue weighted by atomic mass is 16.5. The molecular formula is C11H14N4O3. The quantitative estimate of drug-likeness (QED) is 0.837. The van der Waals surface area contributed by atoms with Gasteiger partial charge in [0.15, 0.2) is 5.82 Å². The summed E-state index contributed by atoms with van der Waals surface area (Å²) in [6.07, 6.45) is 0. The first kappa shape index (κ1) is 11.1. The maximum atomic E-state index is 5.72. The van der Waals surface area contributed by atoms with E-state index in [1.807, 2.05) is 6.07 Å². The van der Waals surface area contributed by atoms with Crippen molar-refractivity contribution < 1.29 is 14.0 Å². The Morgan fingerprint density at radius 3 is 2.89 bits per heavy atom. The van der Waals surface area contributed by atoms with Gasteiger partial charge >= 0.3 is 0 Å². The van der Waals surface area contributed by atoms with E-state index >= 15 is 0 Å². The molecule has 2 aromatic rings. The zero-order chi connectivity index (χ0) is 12.5. The summed E-state index contributed by atoms with van der Waals surface area (Å²) in [7, 11) is 1.59. The fourth-order valence-electron chi connectivity index (χ4n) is 2.04. The Morgan fingerprint density at radius 1 is 1.39 bits per heavy atom. The Morgan fingerprint density at radius 2 is 2.17 bits per heavy atom. The van der Waals surface area contributed by atoms with Gasteiger partial charge in [0.1, 0.15) is 17.0 Å². The Hall–Kier alpha value is -2.02. The SMILES string of the molecule is COc1cc(N2CCOCC2)nc2onc(N)c12. The highest BCUT2D eigenvalue weighted by molar-refractivity contribution is 5.91. The third-order valence-electron chi connectivity index (χ3n) is 2.98. The van der Waals surface area contributed by atoms with Gasteiger partial charge < -0.3 is 24.6 Å². The van der Waals surface area contributed by atoms with Crippen LogP contribution in [0.4, 0.5) is 11.6 Å².